The normalized spacial score (nSPS) is 12.2. The van der Waals surface area contributed by atoms with Crippen LogP contribution < -0.4 is 9.47 Å². The molecular formula is C17H15F2N3O2S. The third-order valence-corrected chi connectivity index (χ3v) is 4.48. The van der Waals surface area contributed by atoms with Crippen molar-refractivity contribution in [2.45, 2.75) is 11.5 Å². The zero-order chi connectivity index (χ0) is 18.0. The summed E-state index contributed by atoms with van der Waals surface area (Å²) >= 11 is 0. The summed E-state index contributed by atoms with van der Waals surface area (Å²) in [6.45, 7) is 0.0434. The van der Waals surface area contributed by atoms with Gasteiger partial charge in [-0.15, -0.1) is 0 Å². The molecule has 5 nitrogen and oxygen atoms in total. The minimum atomic E-state index is -0.811. The summed E-state index contributed by atoms with van der Waals surface area (Å²) in [5, 5.41) is 0.396. The van der Waals surface area contributed by atoms with Gasteiger partial charge in [-0.2, -0.15) is 0 Å². The van der Waals surface area contributed by atoms with Crippen LogP contribution in [0.1, 0.15) is 5.56 Å². The van der Waals surface area contributed by atoms with Crippen molar-refractivity contribution in [1.82, 2.24) is 9.97 Å². The van der Waals surface area contributed by atoms with Crippen molar-refractivity contribution < 1.29 is 18.3 Å². The Labute approximate surface area is 145 Å². The average Bonchev–Trinajstić information content (AvgIpc) is 2.59. The maximum absolute atomic E-state index is 14.0. The Hall–Kier alpha value is -2.61. The van der Waals surface area contributed by atoms with Crippen LogP contribution in [0.15, 0.2) is 41.6 Å². The second kappa shape index (κ2) is 7.10. The minimum Gasteiger partial charge on any atom is -0.494 e. The third kappa shape index (κ3) is 3.74. The van der Waals surface area contributed by atoms with Gasteiger partial charge in [0.25, 0.3) is 0 Å². The Balaban J connectivity index is 1.91. The van der Waals surface area contributed by atoms with Crippen LogP contribution in [-0.4, -0.2) is 23.3 Å². The second-order valence-corrected chi connectivity index (χ2v) is 6.77. The van der Waals surface area contributed by atoms with Gasteiger partial charge in [0.15, 0.2) is 11.6 Å². The summed E-state index contributed by atoms with van der Waals surface area (Å²) in [6.07, 6.45) is 2.99. The number of hydrogen-bond donors (Lipinski definition) is 1. The van der Waals surface area contributed by atoms with Gasteiger partial charge in [-0.05, 0) is 36.1 Å². The molecule has 0 radical (unpaired) electrons. The maximum atomic E-state index is 14.0. The van der Waals surface area contributed by atoms with E-state index in [0.29, 0.717) is 21.4 Å². The molecule has 1 atom stereocenters. The Bertz CT molecular complexity index is 966. The van der Waals surface area contributed by atoms with Crippen molar-refractivity contribution in [3.63, 3.8) is 0 Å². The fourth-order valence-electron chi connectivity index (χ4n) is 2.34. The Morgan fingerprint density at radius 2 is 1.92 bits per heavy atom. The summed E-state index contributed by atoms with van der Waals surface area (Å²) in [5.74, 6) is -0.700. The summed E-state index contributed by atoms with van der Waals surface area (Å²) in [4.78, 5) is 8.69. The van der Waals surface area contributed by atoms with E-state index in [0.717, 1.165) is 0 Å². The van der Waals surface area contributed by atoms with Gasteiger partial charge in [0.1, 0.15) is 18.8 Å². The highest BCUT2D eigenvalue weighted by Gasteiger charge is 2.12. The van der Waals surface area contributed by atoms with E-state index in [9.17, 15) is 8.78 Å². The molecule has 0 aliphatic heterocycles. The van der Waals surface area contributed by atoms with E-state index in [4.69, 9.17) is 14.3 Å². The fraction of sp³-hybridized carbons (Fsp3) is 0.176. The molecule has 2 aromatic carbocycles. The Morgan fingerprint density at radius 3 is 2.64 bits per heavy atom. The zero-order valence-corrected chi connectivity index (χ0v) is 14.4. The summed E-state index contributed by atoms with van der Waals surface area (Å²) in [7, 11) is 0.562. The largest absolute Gasteiger partial charge is 0.494 e. The zero-order valence-electron chi connectivity index (χ0n) is 13.5. The van der Waals surface area contributed by atoms with Crippen LogP contribution in [0.4, 0.5) is 8.78 Å². The highest BCUT2D eigenvalue weighted by atomic mass is 32.2. The van der Waals surface area contributed by atoms with Crippen molar-refractivity contribution in [3.8, 4) is 11.6 Å². The van der Waals surface area contributed by atoms with E-state index in [-0.39, 0.29) is 18.2 Å². The lowest BCUT2D eigenvalue weighted by atomic mass is 10.2. The van der Waals surface area contributed by atoms with Gasteiger partial charge in [0.2, 0.25) is 5.88 Å². The number of ether oxygens (including phenoxy) is 2. The molecule has 3 rings (SSSR count). The van der Waals surface area contributed by atoms with Crippen LogP contribution in [0.25, 0.3) is 10.9 Å². The summed E-state index contributed by atoms with van der Waals surface area (Å²) in [5.41, 5.74) is 1.05. The quantitative estimate of drug-likeness (QED) is 0.747. The molecule has 0 fully saturated rings. The molecule has 130 valence electrons. The highest BCUT2D eigenvalue weighted by molar-refractivity contribution is 7.85. The van der Waals surface area contributed by atoms with Crippen LogP contribution in [0.3, 0.4) is 0 Å². The van der Waals surface area contributed by atoms with Crippen LogP contribution in [0, 0.1) is 16.4 Å². The number of aromatic nitrogens is 2. The molecule has 3 aromatic rings. The highest BCUT2D eigenvalue weighted by Crippen LogP contribution is 2.28. The molecule has 0 saturated carbocycles. The first-order valence-electron chi connectivity index (χ1n) is 7.25. The SMILES string of the molecule is COc1cc2ncnc(OCc3cc(F)cc(S(C)=N)c3)c2cc1F. The molecule has 0 aliphatic carbocycles. The van der Waals surface area contributed by atoms with Crippen LogP contribution in [0.5, 0.6) is 11.6 Å². The first-order valence-corrected chi connectivity index (χ1v) is 8.89. The predicted octanol–water partition coefficient (Wildman–Crippen LogP) is 3.86. The molecule has 1 heterocycles. The lowest BCUT2D eigenvalue weighted by Crippen LogP contribution is -2.01. The third-order valence-electron chi connectivity index (χ3n) is 3.53. The van der Waals surface area contributed by atoms with Gasteiger partial charge in [0, 0.05) is 11.0 Å². The van der Waals surface area contributed by atoms with Gasteiger partial charge < -0.3 is 9.47 Å². The van der Waals surface area contributed by atoms with E-state index in [2.05, 4.69) is 9.97 Å². The van der Waals surface area contributed by atoms with Crippen LogP contribution in [0.2, 0.25) is 0 Å². The van der Waals surface area contributed by atoms with Gasteiger partial charge in [-0.3, -0.25) is 4.78 Å². The average molecular weight is 363 g/mol. The molecule has 0 bridgehead atoms. The van der Waals surface area contributed by atoms with Crippen molar-refractivity contribution in [2.24, 2.45) is 0 Å². The molecule has 25 heavy (non-hydrogen) atoms. The van der Waals surface area contributed by atoms with Gasteiger partial charge in [-0.25, -0.2) is 18.7 Å². The van der Waals surface area contributed by atoms with Crippen molar-refractivity contribution in [2.75, 3.05) is 13.4 Å². The van der Waals surface area contributed by atoms with E-state index in [1.807, 2.05) is 0 Å². The van der Waals surface area contributed by atoms with E-state index in [1.54, 1.807) is 12.3 Å². The first-order chi connectivity index (χ1) is 12.0. The molecular weight excluding hydrogens is 348 g/mol. The van der Waals surface area contributed by atoms with E-state index >= 15 is 0 Å². The Kier molecular flexibility index (Phi) is 4.89. The standard InChI is InChI=1S/C17H15F2N3O2S/c1-23-16-7-15-13(6-14(16)19)17(22-9-21-15)24-8-10-3-11(18)5-12(4-10)25(2)20/h3-7,9,20H,8H2,1-2H3. The molecule has 0 saturated heterocycles. The smallest absolute Gasteiger partial charge is 0.224 e. The maximum Gasteiger partial charge on any atom is 0.224 e. The molecule has 1 N–H and O–H groups in total. The number of benzene rings is 2. The monoisotopic (exact) mass is 363 g/mol. The fourth-order valence-corrected chi connectivity index (χ4v) is 2.96. The van der Waals surface area contributed by atoms with E-state index in [1.165, 1.54) is 37.7 Å². The van der Waals surface area contributed by atoms with Crippen molar-refractivity contribution in [1.29, 1.82) is 4.78 Å². The van der Waals surface area contributed by atoms with Gasteiger partial charge in [0.05, 0.1) is 18.0 Å². The predicted molar refractivity (Wildman–Crippen MR) is 91.1 cm³/mol. The molecule has 1 unspecified atom stereocenters. The summed E-state index contributed by atoms with van der Waals surface area (Å²) < 4.78 is 45.9. The number of nitrogens with one attached hydrogen (secondary N) is 1. The lowest BCUT2D eigenvalue weighted by molar-refractivity contribution is 0.296. The molecule has 1 aromatic heterocycles. The molecule has 0 spiro atoms. The van der Waals surface area contributed by atoms with Crippen LogP contribution >= 0.6 is 0 Å². The minimum absolute atomic E-state index is 0.0434. The Morgan fingerprint density at radius 1 is 1.12 bits per heavy atom. The topological polar surface area (TPSA) is 68.1 Å². The number of halogens is 2. The molecule has 8 heteroatoms. The number of methoxy groups -OCH3 is 1. The number of rotatable bonds is 5. The summed E-state index contributed by atoms with van der Waals surface area (Å²) in [6, 6.07) is 7.09. The molecule has 0 amide bonds. The van der Waals surface area contributed by atoms with Gasteiger partial charge >= 0.3 is 0 Å². The number of nitrogens with zero attached hydrogens (tertiary/aromatic N) is 2. The van der Waals surface area contributed by atoms with Gasteiger partial charge in [-0.1, -0.05) is 10.7 Å². The lowest BCUT2D eigenvalue weighted by Gasteiger charge is -2.10. The first kappa shape index (κ1) is 17.2. The number of fused-ring (bicyclic) bond motifs is 1. The van der Waals surface area contributed by atoms with E-state index < -0.39 is 22.3 Å². The molecule has 0 aliphatic rings. The number of hydrogen-bond acceptors (Lipinski definition) is 5. The second-order valence-electron chi connectivity index (χ2n) is 5.28. The van der Waals surface area contributed by atoms with Crippen LogP contribution in [-0.2, 0) is 17.3 Å². The van der Waals surface area contributed by atoms with Crippen molar-refractivity contribution in [3.05, 3.63) is 53.9 Å². The van der Waals surface area contributed by atoms with Crippen molar-refractivity contribution >= 4 is 21.6 Å².